The third kappa shape index (κ3) is 5.31. The summed E-state index contributed by atoms with van der Waals surface area (Å²) in [5.74, 6) is -0.844. The zero-order valence-corrected chi connectivity index (χ0v) is 22.6. The smallest absolute Gasteiger partial charge is 0.312 e. The van der Waals surface area contributed by atoms with Crippen molar-refractivity contribution in [3.63, 3.8) is 0 Å². The minimum absolute atomic E-state index is 0.169. The highest BCUT2D eigenvalue weighted by molar-refractivity contribution is 5.81. The predicted octanol–water partition coefficient (Wildman–Crippen LogP) is 4.87. The number of carboxylic acid groups (broad SMARTS) is 1. The summed E-state index contributed by atoms with van der Waals surface area (Å²) in [5.41, 5.74) is -3.25. The molecule has 0 spiro atoms. The molecule has 204 valence electrons. The van der Waals surface area contributed by atoms with Gasteiger partial charge in [0.25, 0.3) is 0 Å². The van der Waals surface area contributed by atoms with Crippen LogP contribution in [0.3, 0.4) is 0 Å². The van der Waals surface area contributed by atoms with Gasteiger partial charge in [-0.1, -0.05) is 6.92 Å². The van der Waals surface area contributed by atoms with E-state index in [0.717, 1.165) is 38.5 Å². The van der Waals surface area contributed by atoms with Crippen molar-refractivity contribution in [3.05, 3.63) is 0 Å². The van der Waals surface area contributed by atoms with E-state index in [9.17, 15) is 19.5 Å². The lowest BCUT2D eigenvalue weighted by molar-refractivity contribution is -0.217. The highest BCUT2D eigenvalue weighted by atomic mass is 16.7. The first kappa shape index (κ1) is 27.4. The minimum Gasteiger partial charge on any atom is -0.481 e. The Bertz CT molecular complexity index is 852. The minimum atomic E-state index is -0.925. The van der Waals surface area contributed by atoms with Crippen LogP contribution in [0.5, 0.6) is 0 Å². The van der Waals surface area contributed by atoms with Crippen molar-refractivity contribution in [1.82, 2.24) is 0 Å². The molecule has 5 rings (SSSR count). The zero-order valence-electron chi connectivity index (χ0n) is 22.6. The lowest BCUT2D eigenvalue weighted by Crippen LogP contribution is -2.60. The first-order chi connectivity index (χ1) is 16.8. The molecule has 1 heterocycles. The molecule has 0 radical (unpaired) electrons. The number of carbonyl (C=O) groups is 3. The standard InChI is InChI=1S/C28H44O8/c1-6-26(4,24(32)34-15-20-8-7-9-21(33-5)35-20)16-25(2,3)23(31)36-28-13-18-10-19(14-28)12-27(11-18,17-28)22(29)30/h18-21H,6-17H2,1-5H3,(H,29,30). The number of esters is 2. The predicted molar refractivity (Wildman–Crippen MR) is 131 cm³/mol. The second-order valence-electron chi connectivity index (χ2n) is 13.0. The van der Waals surface area contributed by atoms with Crippen LogP contribution in [0.15, 0.2) is 0 Å². The van der Waals surface area contributed by atoms with Crippen LogP contribution in [-0.4, -0.2) is 54.7 Å². The van der Waals surface area contributed by atoms with Gasteiger partial charge in [0.15, 0.2) is 6.29 Å². The van der Waals surface area contributed by atoms with Crippen molar-refractivity contribution in [2.45, 2.75) is 116 Å². The summed E-state index contributed by atoms with van der Waals surface area (Å²) in [7, 11) is 1.61. The fourth-order valence-corrected chi connectivity index (χ4v) is 7.77. The number of ether oxygens (including phenoxy) is 4. The van der Waals surface area contributed by atoms with Gasteiger partial charge in [0.1, 0.15) is 12.2 Å². The van der Waals surface area contributed by atoms with Gasteiger partial charge in [-0.15, -0.1) is 0 Å². The van der Waals surface area contributed by atoms with Gasteiger partial charge in [-0.3, -0.25) is 14.4 Å². The topological polar surface area (TPSA) is 108 Å². The molecule has 5 atom stereocenters. The van der Waals surface area contributed by atoms with Crippen molar-refractivity contribution in [2.24, 2.45) is 28.1 Å². The second-order valence-corrected chi connectivity index (χ2v) is 13.0. The molecule has 0 aromatic rings. The average molecular weight is 509 g/mol. The molecule has 1 aliphatic heterocycles. The molecule has 36 heavy (non-hydrogen) atoms. The van der Waals surface area contributed by atoms with Gasteiger partial charge >= 0.3 is 17.9 Å². The Hall–Kier alpha value is -1.67. The van der Waals surface area contributed by atoms with Gasteiger partial charge in [-0.2, -0.15) is 0 Å². The molecule has 8 nitrogen and oxygen atoms in total. The molecule has 0 amide bonds. The number of methoxy groups -OCH3 is 1. The Labute approximate surface area is 214 Å². The van der Waals surface area contributed by atoms with Crippen LogP contribution < -0.4 is 0 Å². The molecule has 5 fully saturated rings. The van der Waals surface area contributed by atoms with Crippen LogP contribution in [0.25, 0.3) is 0 Å². The maximum absolute atomic E-state index is 13.6. The largest absolute Gasteiger partial charge is 0.481 e. The Morgan fingerprint density at radius 1 is 1.03 bits per heavy atom. The van der Waals surface area contributed by atoms with E-state index in [-0.39, 0.29) is 37.4 Å². The van der Waals surface area contributed by atoms with E-state index in [1.54, 1.807) is 7.11 Å². The van der Waals surface area contributed by atoms with Crippen LogP contribution in [0, 0.1) is 28.1 Å². The molecule has 1 saturated heterocycles. The van der Waals surface area contributed by atoms with E-state index in [2.05, 4.69) is 0 Å². The summed E-state index contributed by atoms with van der Waals surface area (Å²) in [6.07, 6.45) is 7.27. The first-order valence-corrected chi connectivity index (χ1v) is 13.7. The highest BCUT2D eigenvalue weighted by Crippen LogP contribution is 2.63. The maximum atomic E-state index is 13.6. The van der Waals surface area contributed by atoms with Crippen LogP contribution >= 0.6 is 0 Å². The Morgan fingerprint density at radius 2 is 1.69 bits per heavy atom. The Kier molecular flexibility index (Phi) is 7.52. The number of aliphatic carboxylic acids is 1. The average Bonchev–Trinajstić information content (AvgIpc) is 2.81. The summed E-state index contributed by atoms with van der Waals surface area (Å²) >= 11 is 0. The van der Waals surface area contributed by atoms with E-state index in [4.69, 9.17) is 18.9 Å². The monoisotopic (exact) mass is 508 g/mol. The molecule has 1 N–H and O–H groups in total. The second kappa shape index (κ2) is 9.90. The lowest BCUT2D eigenvalue weighted by Gasteiger charge is -2.59. The van der Waals surface area contributed by atoms with Crippen molar-refractivity contribution in [2.75, 3.05) is 13.7 Å². The van der Waals surface area contributed by atoms with Gasteiger partial charge in [-0.25, -0.2) is 0 Å². The fourth-order valence-electron chi connectivity index (χ4n) is 7.77. The van der Waals surface area contributed by atoms with Crippen LogP contribution in [0.4, 0.5) is 0 Å². The van der Waals surface area contributed by atoms with E-state index in [1.807, 2.05) is 27.7 Å². The van der Waals surface area contributed by atoms with Crippen molar-refractivity contribution in [1.29, 1.82) is 0 Å². The van der Waals surface area contributed by atoms with Crippen molar-refractivity contribution in [3.8, 4) is 0 Å². The first-order valence-electron chi connectivity index (χ1n) is 13.7. The number of rotatable bonds is 10. The summed E-state index contributed by atoms with van der Waals surface area (Å²) in [5, 5.41) is 10.00. The van der Waals surface area contributed by atoms with E-state index < -0.39 is 27.8 Å². The third-order valence-corrected chi connectivity index (χ3v) is 9.40. The van der Waals surface area contributed by atoms with Crippen molar-refractivity contribution >= 4 is 17.9 Å². The fraction of sp³-hybridized carbons (Fsp3) is 0.893. The summed E-state index contributed by atoms with van der Waals surface area (Å²) < 4.78 is 23.0. The van der Waals surface area contributed by atoms with E-state index in [1.165, 1.54) is 0 Å². The molecule has 5 aliphatic rings. The number of hydrogen-bond donors (Lipinski definition) is 1. The number of hydrogen-bond acceptors (Lipinski definition) is 7. The van der Waals surface area contributed by atoms with Crippen molar-refractivity contribution < 1.29 is 38.4 Å². The molecule has 4 saturated carbocycles. The van der Waals surface area contributed by atoms with Gasteiger partial charge in [-0.05, 0) is 96.8 Å². The van der Waals surface area contributed by atoms with Crippen LogP contribution in [0.2, 0.25) is 0 Å². The van der Waals surface area contributed by atoms with E-state index in [0.29, 0.717) is 37.5 Å². The SMILES string of the molecule is CCC(C)(CC(C)(C)C(=O)OC12CC3CC(C1)CC(C(=O)O)(C3)C2)C(=O)OCC1CCCC(OC)O1. The maximum Gasteiger partial charge on any atom is 0.312 e. The van der Waals surface area contributed by atoms with Gasteiger partial charge < -0.3 is 24.1 Å². The Balaban J connectivity index is 1.39. The van der Waals surface area contributed by atoms with Gasteiger partial charge in [0.05, 0.1) is 22.3 Å². The quantitative estimate of drug-likeness (QED) is 0.416. The third-order valence-electron chi connectivity index (χ3n) is 9.40. The molecular weight excluding hydrogens is 464 g/mol. The molecule has 0 aromatic carbocycles. The summed E-state index contributed by atoms with van der Waals surface area (Å²) in [6.45, 7) is 7.57. The Morgan fingerprint density at radius 3 is 2.28 bits per heavy atom. The molecule has 0 aromatic heterocycles. The molecule has 5 unspecified atom stereocenters. The lowest BCUT2D eigenvalue weighted by atomic mass is 9.48. The summed E-state index contributed by atoms with van der Waals surface area (Å²) in [6, 6.07) is 0. The molecule has 4 aliphatic carbocycles. The van der Waals surface area contributed by atoms with Crippen LogP contribution in [0.1, 0.15) is 98.3 Å². The van der Waals surface area contributed by atoms with E-state index >= 15 is 0 Å². The van der Waals surface area contributed by atoms with Gasteiger partial charge in [0.2, 0.25) is 0 Å². The van der Waals surface area contributed by atoms with Crippen LogP contribution in [-0.2, 0) is 33.3 Å². The van der Waals surface area contributed by atoms with Gasteiger partial charge in [0, 0.05) is 13.5 Å². The molecule has 4 bridgehead atoms. The summed E-state index contributed by atoms with van der Waals surface area (Å²) in [4.78, 5) is 38.9. The number of carbonyl (C=O) groups excluding carboxylic acids is 2. The molecular formula is C28H44O8. The highest BCUT2D eigenvalue weighted by Gasteiger charge is 2.63. The zero-order chi connectivity index (χ0) is 26.4. The number of carboxylic acids is 1. The normalized spacial score (nSPS) is 37.2. The molecule has 8 heteroatoms.